The van der Waals surface area contributed by atoms with E-state index in [0.717, 1.165) is 53.5 Å². The molecule has 7 nitrogen and oxygen atoms in total. The number of benzene rings is 1. The molecule has 0 spiro atoms. The van der Waals surface area contributed by atoms with Crippen molar-refractivity contribution < 1.29 is 18.7 Å². The molecule has 4 rings (SSSR count). The van der Waals surface area contributed by atoms with Gasteiger partial charge < -0.3 is 19.3 Å². The number of hydrogen-bond donors (Lipinski definition) is 0. The van der Waals surface area contributed by atoms with Crippen molar-refractivity contribution >= 4 is 39.0 Å². The van der Waals surface area contributed by atoms with Gasteiger partial charge in [-0.15, -0.1) is 11.3 Å². The second-order valence-electron chi connectivity index (χ2n) is 7.12. The van der Waals surface area contributed by atoms with Gasteiger partial charge in [0.2, 0.25) is 0 Å². The lowest BCUT2D eigenvalue weighted by Crippen LogP contribution is -2.47. The van der Waals surface area contributed by atoms with Crippen LogP contribution in [0.3, 0.4) is 0 Å². The Bertz CT molecular complexity index is 1110. The summed E-state index contributed by atoms with van der Waals surface area (Å²) in [5.74, 6) is 1.02. The Kier molecular flexibility index (Phi) is 5.46. The molecule has 0 saturated carbocycles. The summed E-state index contributed by atoms with van der Waals surface area (Å²) in [5, 5.41) is 0.898. The lowest BCUT2D eigenvalue weighted by Gasteiger charge is -2.37. The number of halogens is 1. The fourth-order valence-corrected chi connectivity index (χ4v) is 4.91. The topological polar surface area (TPSA) is 67.8 Å². The van der Waals surface area contributed by atoms with E-state index < -0.39 is 0 Å². The average molecular weight is 431 g/mol. The van der Waals surface area contributed by atoms with Crippen LogP contribution in [0.25, 0.3) is 10.2 Å². The Hall–Kier alpha value is -2.94. The monoisotopic (exact) mass is 430 g/mol. The Morgan fingerprint density at radius 1 is 1.10 bits per heavy atom. The van der Waals surface area contributed by atoms with Gasteiger partial charge in [-0.25, -0.2) is 19.2 Å². The van der Waals surface area contributed by atoms with Crippen molar-refractivity contribution in [2.24, 2.45) is 0 Å². The van der Waals surface area contributed by atoms with E-state index in [9.17, 15) is 9.18 Å². The van der Waals surface area contributed by atoms with E-state index >= 15 is 0 Å². The minimum Gasteiger partial charge on any atom is -0.494 e. The number of aryl methyl sites for hydroxylation is 2. The van der Waals surface area contributed by atoms with Gasteiger partial charge >= 0.3 is 5.97 Å². The average Bonchev–Trinajstić information content (AvgIpc) is 3.08. The second kappa shape index (κ2) is 8.06. The number of hydrogen-bond acceptors (Lipinski definition) is 8. The summed E-state index contributed by atoms with van der Waals surface area (Å²) in [6.45, 7) is 6.66. The van der Waals surface area contributed by atoms with Crippen molar-refractivity contribution in [3.05, 3.63) is 40.3 Å². The van der Waals surface area contributed by atoms with E-state index in [1.54, 1.807) is 6.07 Å². The molecule has 0 unspecified atom stereocenters. The molecule has 1 saturated heterocycles. The maximum atomic E-state index is 14.1. The van der Waals surface area contributed by atoms with Crippen molar-refractivity contribution in [3.8, 4) is 5.75 Å². The zero-order chi connectivity index (χ0) is 21.4. The minimum atomic E-state index is -0.366. The third kappa shape index (κ3) is 3.54. The Morgan fingerprint density at radius 2 is 1.80 bits per heavy atom. The molecule has 158 valence electrons. The Balaban J connectivity index is 1.61. The molecule has 1 fully saturated rings. The highest BCUT2D eigenvalue weighted by Crippen LogP contribution is 2.36. The molecule has 0 N–H and O–H groups in total. The number of piperazine rings is 1. The molecule has 0 bridgehead atoms. The van der Waals surface area contributed by atoms with E-state index in [0.29, 0.717) is 10.7 Å². The normalized spacial score (nSPS) is 14.3. The van der Waals surface area contributed by atoms with E-state index in [4.69, 9.17) is 14.5 Å². The Labute approximate surface area is 178 Å². The molecule has 0 aliphatic carbocycles. The summed E-state index contributed by atoms with van der Waals surface area (Å²) in [6, 6.07) is 5.03. The van der Waals surface area contributed by atoms with Gasteiger partial charge in [0, 0.05) is 37.9 Å². The van der Waals surface area contributed by atoms with Crippen LogP contribution in [-0.4, -0.2) is 56.3 Å². The van der Waals surface area contributed by atoms with Gasteiger partial charge in [0.05, 0.1) is 19.6 Å². The fourth-order valence-electron chi connectivity index (χ4n) is 3.77. The van der Waals surface area contributed by atoms with Crippen LogP contribution in [-0.2, 0) is 4.74 Å². The molecule has 0 amide bonds. The van der Waals surface area contributed by atoms with E-state index in [2.05, 4.69) is 14.8 Å². The van der Waals surface area contributed by atoms with Crippen molar-refractivity contribution in [3.63, 3.8) is 0 Å². The van der Waals surface area contributed by atoms with Gasteiger partial charge in [-0.2, -0.15) is 0 Å². The first-order chi connectivity index (χ1) is 14.4. The third-order valence-electron chi connectivity index (χ3n) is 5.33. The number of methoxy groups -OCH3 is 2. The molecule has 1 aliphatic rings. The molecule has 1 aromatic carbocycles. The summed E-state index contributed by atoms with van der Waals surface area (Å²) in [7, 11) is 2.84. The number of aromatic nitrogens is 2. The predicted molar refractivity (Wildman–Crippen MR) is 116 cm³/mol. The summed E-state index contributed by atoms with van der Waals surface area (Å²) >= 11 is 1.34. The highest BCUT2D eigenvalue weighted by Gasteiger charge is 2.26. The number of carbonyl (C=O) groups is 1. The third-order valence-corrected chi connectivity index (χ3v) is 6.50. The second-order valence-corrected chi connectivity index (χ2v) is 8.11. The zero-order valence-corrected chi connectivity index (χ0v) is 18.2. The lowest BCUT2D eigenvalue weighted by atomic mass is 10.1. The number of thiophene rings is 1. The van der Waals surface area contributed by atoms with Crippen LogP contribution < -0.4 is 14.5 Å². The van der Waals surface area contributed by atoms with Gasteiger partial charge in [0.25, 0.3) is 0 Å². The molecule has 3 heterocycles. The van der Waals surface area contributed by atoms with Crippen molar-refractivity contribution in [1.29, 1.82) is 0 Å². The first kappa shape index (κ1) is 20.3. The summed E-state index contributed by atoms with van der Waals surface area (Å²) < 4.78 is 24.0. The van der Waals surface area contributed by atoms with Crippen LogP contribution in [0.4, 0.5) is 15.9 Å². The highest BCUT2D eigenvalue weighted by atomic mass is 32.1. The number of rotatable bonds is 4. The molecule has 30 heavy (non-hydrogen) atoms. The number of ether oxygens (including phenoxy) is 2. The summed E-state index contributed by atoms with van der Waals surface area (Å²) in [5.41, 5.74) is 1.67. The molecule has 1 aliphatic heterocycles. The van der Waals surface area contributed by atoms with Crippen molar-refractivity contribution in [2.45, 2.75) is 13.8 Å². The van der Waals surface area contributed by atoms with Crippen LogP contribution in [0.1, 0.15) is 21.1 Å². The fraction of sp³-hybridized carbons (Fsp3) is 0.381. The van der Waals surface area contributed by atoms with Crippen LogP contribution in [0, 0.1) is 19.7 Å². The largest absolute Gasteiger partial charge is 0.494 e. The molecule has 2 aromatic heterocycles. The Morgan fingerprint density at radius 3 is 2.43 bits per heavy atom. The van der Waals surface area contributed by atoms with Crippen molar-refractivity contribution in [2.75, 3.05) is 50.2 Å². The summed E-state index contributed by atoms with van der Waals surface area (Å²) in [6.07, 6.45) is 0. The molecule has 3 aromatic rings. The lowest BCUT2D eigenvalue weighted by molar-refractivity contribution is 0.0605. The minimum absolute atomic E-state index is 0.241. The van der Waals surface area contributed by atoms with Crippen molar-refractivity contribution in [1.82, 2.24) is 9.97 Å². The maximum absolute atomic E-state index is 14.1. The van der Waals surface area contributed by atoms with Gasteiger partial charge in [-0.1, -0.05) is 0 Å². The molecule has 9 heteroatoms. The number of esters is 1. The van der Waals surface area contributed by atoms with Crippen LogP contribution in [0.15, 0.2) is 18.2 Å². The standard InChI is InChI=1S/C21H23FN4O3S/c1-12-17-19(23-13(2)24-20(17)30-18(12)21(27)29-4)26-9-7-25(8-10-26)14-5-6-16(28-3)15(22)11-14/h5-6,11H,7-10H2,1-4H3. The molecular formula is C21H23FN4O3S. The van der Waals surface area contributed by atoms with E-state index in [1.807, 2.05) is 19.9 Å². The molecule has 0 radical (unpaired) electrons. The number of fused-ring (bicyclic) bond motifs is 1. The molecule has 0 atom stereocenters. The summed E-state index contributed by atoms with van der Waals surface area (Å²) in [4.78, 5) is 27.0. The van der Waals surface area contributed by atoms with Crippen LogP contribution in [0.5, 0.6) is 5.75 Å². The van der Waals surface area contributed by atoms with E-state index in [1.165, 1.54) is 31.6 Å². The SMILES string of the molecule is COC(=O)c1sc2nc(C)nc(N3CCN(c4ccc(OC)c(F)c4)CC3)c2c1C. The van der Waals surface area contributed by atoms with Gasteiger partial charge in [0.15, 0.2) is 11.6 Å². The quantitative estimate of drug-likeness (QED) is 0.586. The highest BCUT2D eigenvalue weighted by molar-refractivity contribution is 7.20. The van der Waals surface area contributed by atoms with Crippen LogP contribution in [0.2, 0.25) is 0 Å². The zero-order valence-electron chi connectivity index (χ0n) is 17.4. The number of anilines is 2. The predicted octanol–water partition coefficient (Wildman–Crippen LogP) is 3.57. The van der Waals surface area contributed by atoms with Crippen LogP contribution >= 0.6 is 11.3 Å². The first-order valence-electron chi connectivity index (χ1n) is 9.62. The van der Waals surface area contributed by atoms with Gasteiger partial charge in [-0.3, -0.25) is 0 Å². The van der Waals surface area contributed by atoms with E-state index in [-0.39, 0.29) is 17.5 Å². The smallest absolute Gasteiger partial charge is 0.348 e. The maximum Gasteiger partial charge on any atom is 0.348 e. The van der Waals surface area contributed by atoms with Gasteiger partial charge in [-0.05, 0) is 31.5 Å². The van der Waals surface area contributed by atoms with Gasteiger partial charge in [0.1, 0.15) is 21.3 Å². The number of nitrogens with zero attached hydrogens (tertiary/aromatic N) is 4. The number of carbonyl (C=O) groups excluding carboxylic acids is 1. The first-order valence-corrected chi connectivity index (χ1v) is 10.4. The molecular weight excluding hydrogens is 407 g/mol.